The van der Waals surface area contributed by atoms with E-state index >= 15 is 0 Å². The molecule has 100 valence electrons. The van der Waals surface area contributed by atoms with E-state index in [1.807, 2.05) is 6.07 Å². The van der Waals surface area contributed by atoms with Gasteiger partial charge in [0.25, 0.3) is 0 Å². The fourth-order valence-electron chi connectivity index (χ4n) is 3.00. The first kappa shape index (κ1) is 12.3. The van der Waals surface area contributed by atoms with Crippen LogP contribution in [0, 0.1) is 6.92 Å². The molecule has 0 amide bonds. The van der Waals surface area contributed by atoms with Gasteiger partial charge in [0.1, 0.15) is 5.75 Å². The number of rotatable bonds is 3. The molecular formula is C16H20N2O. The van der Waals surface area contributed by atoms with E-state index in [2.05, 4.69) is 36.6 Å². The zero-order valence-corrected chi connectivity index (χ0v) is 11.7. The normalized spacial score (nSPS) is 14.1. The van der Waals surface area contributed by atoms with Crippen LogP contribution in [0.15, 0.2) is 24.3 Å². The van der Waals surface area contributed by atoms with Crippen LogP contribution in [0.4, 0.5) is 0 Å². The highest BCUT2D eigenvalue weighted by atomic mass is 16.5. The summed E-state index contributed by atoms with van der Waals surface area (Å²) in [6, 6.07) is 8.78. The summed E-state index contributed by atoms with van der Waals surface area (Å²) in [6.45, 7) is 5.08. The molecule has 0 bridgehead atoms. The predicted molar refractivity (Wildman–Crippen MR) is 77.6 cm³/mol. The van der Waals surface area contributed by atoms with E-state index in [0.717, 1.165) is 18.7 Å². The third-order valence-corrected chi connectivity index (χ3v) is 3.80. The van der Waals surface area contributed by atoms with Gasteiger partial charge in [0.05, 0.1) is 12.8 Å². The second-order valence-electron chi connectivity index (χ2n) is 5.45. The van der Waals surface area contributed by atoms with E-state index in [4.69, 9.17) is 10.5 Å². The van der Waals surface area contributed by atoms with Crippen LogP contribution in [0.25, 0.3) is 11.3 Å². The number of fused-ring (bicyclic) bond motifs is 3. The molecule has 3 heteroatoms. The highest BCUT2D eigenvalue weighted by Crippen LogP contribution is 2.40. The molecule has 1 aromatic carbocycles. The van der Waals surface area contributed by atoms with E-state index in [1.165, 1.54) is 28.1 Å². The van der Waals surface area contributed by atoms with Crippen molar-refractivity contribution >= 4 is 0 Å². The molecule has 2 N–H and O–H groups in total. The van der Waals surface area contributed by atoms with Crippen molar-refractivity contribution in [3.63, 3.8) is 0 Å². The zero-order chi connectivity index (χ0) is 13.6. The SMILES string of the molecule is COc1ccc2c(c1)Cc1cc(C)n(C[C@@H](C)N)c1-2. The monoisotopic (exact) mass is 256 g/mol. The van der Waals surface area contributed by atoms with Crippen molar-refractivity contribution < 1.29 is 4.74 Å². The van der Waals surface area contributed by atoms with Crippen molar-refractivity contribution in [3.05, 3.63) is 41.1 Å². The van der Waals surface area contributed by atoms with Crippen molar-refractivity contribution in [2.24, 2.45) is 5.73 Å². The van der Waals surface area contributed by atoms with E-state index in [1.54, 1.807) is 7.11 Å². The Bertz CT molecular complexity index is 626. The van der Waals surface area contributed by atoms with Crippen molar-refractivity contribution in [3.8, 4) is 17.0 Å². The molecule has 0 spiro atoms. The van der Waals surface area contributed by atoms with Crippen LogP contribution in [-0.2, 0) is 13.0 Å². The van der Waals surface area contributed by atoms with Gasteiger partial charge in [-0.1, -0.05) is 0 Å². The van der Waals surface area contributed by atoms with Crippen molar-refractivity contribution in [2.45, 2.75) is 32.9 Å². The minimum atomic E-state index is 0.164. The first-order chi connectivity index (χ1) is 9.10. The summed E-state index contributed by atoms with van der Waals surface area (Å²) in [6.07, 6.45) is 0.995. The maximum absolute atomic E-state index is 5.97. The summed E-state index contributed by atoms with van der Waals surface area (Å²) >= 11 is 0. The smallest absolute Gasteiger partial charge is 0.119 e. The highest BCUT2D eigenvalue weighted by molar-refractivity contribution is 5.76. The largest absolute Gasteiger partial charge is 0.497 e. The number of hydrogen-bond acceptors (Lipinski definition) is 2. The lowest BCUT2D eigenvalue weighted by molar-refractivity contribution is 0.414. The van der Waals surface area contributed by atoms with Crippen LogP contribution in [0.2, 0.25) is 0 Å². The molecular weight excluding hydrogens is 236 g/mol. The predicted octanol–water partition coefficient (Wildman–Crippen LogP) is 2.72. The van der Waals surface area contributed by atoms with E-state index in [9.17, 15) is 0 Å². The van der Waals surface area contributed by atoms with Crippen LogP contribution in [0.1, 0.15) is 23.7 Å². The van der Waals surface area contributed by atoms with Gasteiger partial charge >= 0.3 is 0 Å². The van der Waals surface area contributed by atoms with Gasteiger partial charge in [0, 0.05) is 30.3 Å². The molecule has 1 heterocycles. The Hall–Kier alpha value is -1.74. The van der Waals surface area contributed by atoms with Crippen molar-refractivity contribution in [1.82, 2.24) is 4.57 Å². The molecule has 1 aromatic heterocycles. The maximum atomic E-state index is 5.97. The number of aromatic nitrogens is 1. The summed E-state index contributed by atoms with van der Waals surface area (Å²) in [5, 5.41) is 0. The quantitative estimate of drug-likeness (QED) is 0.782. The molecule has 0 unspecified atom stereocenters. The van der Waals surface area contributed by atoms with Gasteiger partial charge in [-0.3, -0.25) is 0 Å². The van der Waals surface area contributed by atoms with Gasteiger partial charge in [-0.05, 0) is 49.2 Å². The van der Waals surface area contributed by atoms with E-state index in [-0.39, 0.29) is 6.04 Å². The molecule has 1 aliphatic rings. The van der Waals surface area contributed by atoms with Crippen molar-refractivity contribution in [2.75, 3.05) is 7.11 Å². The van der Waals surface area contributed by atoms with E-state index in [0.29, 0.717) is 0 Å². The van der Waals surface area contributed by atoms with Gasteiger partial charge in [0.15, 0.2) is 0 Å². The molecule has 0 saturated carbocycles. The Morgan fingerprint density at radius 2 is 2.11 bits per heavy atom. The fourth-order valence-corrected chi connectivity index (χ4v) is 3.00. The Morgan fingerprint density at radius 3 is 2.79 bits per heavy atom. The molecule has 1 aliphatic carbocycles. The lowest BCUT2D eigenvalue weighted by Crippen LogP contribution is -2.23. The minimum absolute atomic E-state index is 0.164. The molecule has 1 atom stereocenters. The summed E-state index contributed by atoms with van der Waals surface area (Å²) in [7, 11) is 1.71. The average molecular weight is 256 g/mol. The molecule has 0 saturated heterocycles. The van der Waals surface area contributed by atoms with Crippen LogP contribution >= 0.6 is 0 Å². The molecule has 3 nitrogen and oxygen atoms in total. The number of ether oxygens (including phenoxy) is 1. The number of nitrogens with two attached hydrogens (primary N) is 1. The summed E-state index contributed by atoms with van der Waals surface area (Å²) in [4.78, 5) is 0. The summed E-state index contributed by atoms with van der Waals surface area (Å²) in [5.74, 6) is 0.930. The Balaban J connectivity index is 2.11. The molecule has 0 fully saturated rings. The molecule has 3 rings (SSSR count). The minimum Gasteiger partial charge on any atom is -0.497 e. The van der Waals surface area contributed by atoms with Gasteiger partial charge in [-0.15, -0.1) is 0 Å². The third-order valence-electron chi connectivity index (χ3n) is 3.80. The van der Waals surface area contributed by atoms with Gasteiger partial charge in [0.2, 0.25) is 0 Å². The molecule has 0 aliphatic heterocycles. The van der Waals surface area contributed by atoms with Crippen LogP contribution in [0.3, 0.4) is 0 Å². The standard InChI is InChI=1S/C16H20N2O/c1-10(17)9-18-11(2)6-13-7-12-8-14(19-3)4-5-15(12)16(13)18/h4-6,8,10H,7,9,17H2,1-3H3/t10-/m1/s1. The second kappa shape index (κ2) is 4.42. The Kier molecular flexibility index (Phi) is 2.86. The number of benzene rings is 1. The lowest BCUT2D eigenvalue weighted by atomic mass is 10.1. The number of nitrogens with zero attached hydrogens (tertiary/aromatic N) is 1. The van der Waals surface area contributed by atoms with Crippen LogP contribution < -0.4 is 10.5 Å². The number of methoxy groups -OCH3 is 1. The lowest BCUT2D eigenvalue weighted by Gasteiger charge is -2.14. The first-order valence-electron chi connectivity index (χ1n) is 6.72. The Morgan fingerprint density at radius 1 is 1.32 bits per heavy atom. The van der Waals surface area contributed by atoms with E-state index < -0.39 is 0 Å². The van der Waals surface area contributed by atoms with Crippen molar-refractivity contribution in [1.29, 1.82) is 0 Å². The Labute approximate surface area is 114 Å². The average Bonchev–Trinajstić information content (AvgIpc) is 2.85. The number of hydrogen-bond donors (Lipinski definition) is 1. The molecule has 19 heavy (non-hydrogen) atoms. The summed E-state index contributed by atoms with van der Waals surface area (Å²) in [5.41, 5.74) is 12.7. The maximum Gasteiger partial charge on any atom is 0.119 e. The van der Waals surface area contributed by atoms with Gasteiger partial charge in [-0.25, -0.2) is 0 Å². The topological polar surface area (TPSA) is 40.2 Å². The fraction of sp³-hybridized carbons (Fsp3) is 0.375. The first-order valence-corrected chi connectivity index (χ1v) is 6.72. The highest BCUT2D eigenvalue weighted by Gasteiger charge is 2.24. The van der Waals surface area contributed by atoms with Crippen LogP contribution in [0.5, 0.6) is 5.75 Å². The zero-order valence-electron chi connectivity index (χ0n) is 11.7. The molecule has 2 aromatic rings. The number of aryl methyl sites for hydroxylation is 1. The van der Waals surface area contributed by atoms with Crippen LogP contribution in [-0.4, -0.2) is 17.7 Å². The summed E-state index contributed by atoms with van der Waals surface area (Å²) < 4.78 is 7.65. The van der Waals surface area contributed by atoms with Gasteiger partial charge in [-0.2, -0.15) is 0 Å². The molecule has 0 radical (unpaired) electrons. The van der Waals surface area contributed by atoms with Gasteiger partial charge < -0.3 is 15.0 Å². The third kappa shape index (κ3) is 1.94. The second-order valence-corrected chi connectivity index (χ2v) is 5.45.